The predicted molar refractivity (Wildman–Crippen MR) is 106 cm³/mol. The Hall–Kier alpha value is -2.88. The normalized spacial score (nSPS) is 11.5. The smallest absolute Gasteiger partial charge is 0.303 e. The summed E-state index contributed by atoms with van der Waals surface area (Å²) in [4.78, 5) is 18.9. The number of carboxylic acids is 1. The summed E-state index contributed by atoms with van der Waals surface area (Å²) < 4.78 is 0. The molecule has 26 heavy (non-hydrogen) atoms. The lowest BCUT2D eigenvalue weighted by Crippen LogP contribution is -1.98. The molecule has 0 unspecified atom stereocenters. The summed E-state index contributed by atoms with van der Waals surface area (Å²) in [5, 5.41) is 8.81. The molecular formula is C22H24N2O2. The standard InChI is InChI=1S/C22H24N2O2/c1-15-14-19-22(18(16(15)2)10-6-7-11-21(25)26)24-20(23-19)13-12-17-8-4-3-5-9-17/h3-5,8-9,12-14H,6-7,10-11H2,1-2H3,(H,23,24)(H,25,26)/b13-12+. The maximum absolute atomic E-state index is 10.7. The first-order valence-electron chi connectivity index (χ1n) is 8.98. The van der Waals surface area contributed by atoms with Crippen LogP contribution in [0.1, 0.15) is 47.3 Å². The van der Waals surface area contributed by atoms with Crippen LogP contribution in [-0.2, 0) is 11.2 Å². The number of nitrogens with zero attached hydrogens (tertiary/aromatic N) is 1. The van der Waals surface area contributed by atoms with Gasteiger partial charge in [-0.25, -0.2) is 4.98 Å². The fourth-order valence-electron chi connectivity index (χ4n) is 3.18. The Bertz CT molecular complexity index is 940. The fourth-order valence-corrected chi connectivity index (χ4v) is 3.18. The second-order valence-corrected chi connectivity index (χ2v) is 6.66. The van der Waals surface area contributed by atoms with Gasteiger partial charge in [0.05, 0.1) is 11.0 Å². The molecule has 0 saturated carbocycles. The van der Waals surface area contributed by atoms with E-state index in [1.54, 1.807) is 0 Å². The number of aromatic nitrogens is 2. The molecule has 0 atom stereocenters. The molecular weight excluding hydrogens is 324 g/mol. The molecule has 0 fully saturated rings. The maximum Gasteiger partial charge on any atom is 0.303 e. The Kier molecular flexibility index (Phi) is 5.52. The van der Waals surface area contributed by atoms with E-state index < -0.39 is 5.97 Å². The van der Waals surface area contributed by atoms with Crippen LogP contribution < -0.4 is 0 Å². The number of nitrogens with one attached hydrogen (secondary N) is 1. The number of rotatable bonds is 7. The highest BCUT2D eigenvalue weighted by Crippen LogP contribution is 2.26. The molecule has 4 heteroatoms. The molecule has 0 spiro atoms. The second-order valence-electron chi connectivity index (χ2n) is 6.66. The molecule has 1 heterocycles. The van der Waals surface area contributed by atoms with E-state index in [0.717, 1.165) is 35.3 Å². The quantitative estimate of drug-likeness (QED) is 0.580. The molecule has 1 aromatic heterocycles. The van der Waals surface area contributed by atoms with E-state index in [-0.39, 0.29) is 6.42 Å². The highest BCUT2D eigenvalue weighted by molar-refractivity contribution is 5.83. The van der Waals surface area contributed by atoms with Gasteiger partial charge in [-0.15, -0.1) is 0 Å². The van der Waals surface area contributed by atoms with Crippen molar-refractivity contribution in [3.63, 3.8) is 0 Å². The third-order valence-corrected chi connectivity index (χ3v) is 4.74. The summed E-state index contributed by atoms with van der Waals surface area (Å²) in [6.45, 7) is 4.23. The van der Waals surface area contributed by atoms with E-state index >= 15 is 0 Å². The van der Waals surface area contributed by atoms with Crippen LogP contribution in [0.4, 0.5) is 0 Å². The fraction of sp³-hybridized carbons (Fsp3) is 0.273. The van der Waals surface area contributed by atoms with Gasteiger partial charge < -0.3 is 10.1 Å². The van der Waals surface area contributed by atoms with E-state index in [1.165, 1.54) is 16.7 Å². The lowest BCUT2D eigenvalue weighted by atomic mass is 9.97. The molecule has 0 aliphatic heterocycles. The van der Waals surface area contributed by atoms with Crippen molar-refractivity contribution >= 4 is 29.2 Å². The lowest BCUT2D eigenvalue weighted by molar-refractivity contribution is -0.137. The Balaban J connectivity index is 1.86. The first kappa shape index (κ1) is 17.9. The van der Waals surface area contributed by atoms with Crippen molar-refractivity contribution in [3.05, 3.63) is 64.5 Å². The van der Waals surface area contributed by atoms with Gasteiger partial charge in [-0.05, 0) is 67.5 Å². The average Bonchev–Trinajstić information content (AvgIpc) is 3.03. The van der Waals surface area contributed by atoms with Crippen molar-refractivity contribution in [1.82, 2.24) is 9.97 Å². The highest BCUT2D eigenvalue weighted by Gasteiger charge is 2.12. The van der Waals surface area contributed by atoms with Gasteiger partial charge in [-0.3, -0.25) is 4.79 Å². The number of carbonyl (C=O) groups is 1. The number of aryl methyl sites for hydroxylation is 2. The molecule has 3 rings (SSSR count). The van der Waals surface area contributed by atoms with Crippen molar-refractivity contribution in [2.45, 2.75) is 39.5 Å². The van der Waals surface area contributed by atoms with Crippen LogP contribution in [0.2, 0.25) is 0 Å². The van der Waals surface area contributed by atoms with Gasteiger partial charge in [-0.1, -0.05) is 36.4 Å². The summed E-state index contributed by atoms with van der Waals surface area (Å²) >= 11 is 0. The number of H-pyrrole nitrogens is 1. The van der Waals surface area contributed by atoms with Gasteiger partial charge in [0.2, 0.25) is 0 Å². The van der Waals surface area contributed by atoms with Gasteiger partial charge in [0, 0.05) is 6.42 Å². The zero-order chi connectivity index (χ0) is 18.5. The molecule has 134 valence electrons. The van der Waals surface area contributed by atoms with Crippen LogP contribution in [0.3, 0.4) is 0 Å². The third-order valence-electron chi connectivity index (χ3n) is 4.74. The number of fused-ring (bicyclic) bond motifs is 1. The number of unbranched alkanes of at least 4 members (excludes halogenated alkanes) is 1. The molecule has 0 bridgehead atoms. The molecule has 3 aromatic rings. The summed E-state index contributed by atoms with van der Waals surface area (Å²) in [7, 11) is 0. The Morgan fingerprint density at radius 2 is 1.92 bits per heavy atom. The minimum Gasteiger partial charge on any atom is -0.481 e. The predicted octanol–water partition coefficient (Wildman–Crippen LogP) is 5.15. The van der Waals surface area contributed by atoms with E-state index in [9.17, 15) is 4.79 Å². The van der Waals surface area contributed by atoms with Crippen LogP contribution in [0.15, 0.2) is 36.4 Å². The number of aliphatic carboxylic acids is 1. The molecule has 0 amide bonds. The van der Waals surface area contributed by atoms with Gasteiger partial charge >= 0.3 is 5.97 Å². The van der Waals surface area contributed by atoms with Crippen LogP contribution in [-0.4, -0.2) is 21.0 Å². The summed E-state index contributed by atoms with van der Waals surface area (Å²) in [5.74, 6) is 0.102. The molecule has 0 aliphatic rings. The van der Waals surface area contributed by atoms with E-state index in [0.29, 0.717) is 6.42 Å². The summed E-state index contributed by atoms with van der Waals surface area (Å²) in [6, 6.07) is 12.3. The van der Waals surface area contributed by atoms with Crippen molar-refractivity contribution < 1.29 is 9.90 Å². The number of hydrogen-bond donors (Lipinski definition) is 2. The Morgan fingerprint density at radius 3 is 2.65 bits per heavy atom. The maximum atomic E-state index is 10.7. The minimum atomic E-state index is -0.732. The molecule has 0 radical (unpaired) electrons. The number of carboxylic acid groups (broad SMARTS) is 1. The van der Waals surface area contributed by atoms with E-state index in [2.05, 4.69) is 37.0 Å². The minimum absolute atomic E-state index is 0.222. The average molecular weight is 348 g/mol. The Morgan fingerprint density at radius 1 is 1.15 bits per heavy atom. The van der Waals surface area contributed by atoms with Crippen molar-refractivity contribution in [2.75, 3.05) is 0 Å². The van der Waals surface area contributed by atoms with Gasteiger partial charge in [0.25, 0.3) is 0 Å². The molecule has 4 nitrogen and oxygen atoms in total. The Labute approximate surface area is 153 Å². The summed E-state index contributed by atoms with van der Waals surface area (Å²) in [6.07, 6.45) is 6.66. The number of imidazole rings is 1. The first-order chi connectivity index (χ1) is 12.5. The van der Waals surface area contributed by atoms with Crippen LogP contribution in [0.5, 0.6) is 0 Å². The van der Waals surface area contributed by atoms with Gasteiger partial charge in [0.15, 0.2) is 0 Å². The monoisotopic (exact) mass is 348 g/mol. The molecule has 2 aromatic carbocycles. The van der Waals surface area contributed by atoms with Crippen LogP contribution in [0.25, 0.3) is 23.2 Å². The number of aromatic amines is 1. The zero-order valence-electron chi connectivity index (χ0n) is 15.2. The molecule has 0 aliphatic carbocycles. The van der Waals surface area contributed by atoms with Crippen molar-refractivity contribution in [1.29, 1.82) is 0 Å². The topological polar surface area (TPSA) is 66.0 Å². The zero-order valence-corrected chi connectivity index (χ0v) is 15.2. The third kappa shape index (κ3) is 4.20. The second kappa shape index (κ2) is 8.00. The first-order valence-corrected chi connectivity index (χ1v) is 8.98. The van der Waals surface area contributed by atoms with Crippen molar-refractivity contribution in [3.8, 4) is 0 Å². The largest absolute Gasteiger partial charge is 0.481 e. The SMILES string of the molecule is Cc1cc2[nH]c(/C=C/c3ccccc3)nc2c(CCCCC(=O)O)c1C. The summed E-state index contributed by atoms with van der Waals surface area (Å²) in [5.41, 5.74) is 6.87. The van der Waals surface area contributed by atoms with Crippen molar-refractivity contribution in [2.24, 2.45) is 0 Å². The van der Waals surface area contributed by atoms with Crippen LogP contribution in [0, 0.1) is 13.8 Å². The number of hydrogen-bond acceptors (Lipinski definition) is 2. The van der Waals surface area contributed by atoms with E-state index in [4.69, 9.17) is 10.1 Å². The molecule has 0 saturated heterocycles. The number of benzene rings is 2. The van der Waals surface area contributed by atoms with Crippen LogP contribution >= 0.6 is 0 Å². The van der Waals surface area contributed by atoms with E-state index in [1.807, 2.05) is 30.4 Å². The lowest BCUT2D eigenvalue weighted by Gasteiger charge is -2.09. The van der Waals surface area contributed by atoms with Gasteiger partial charge in [0.1, 0.15) is 5.82 Å². The molecule has 2 N–H and O–H groups in total. The van der Waals surface area contributed by atoms with Gasteiger partial charge in [-0.2, -0.15) is 0 Å². The highest BCUT2D eigenvalue weighted by atomic mass is 16.4.